The zero-order chi connectivity index (χ0) is 27.7. The molecule has 39 heavy (non-hydrogen) atoms. The number of nitrogens with one attached hydrogen (secondary N) is 1. The number of barbiturate groups is 1. The highest BCUT2D eigenvalue weighted by molar-refractivity contribution is 6.39. The molecule has 200 valence electrons. The number of rotatable bonds is 7. The summed E-state index contributed by atoms with van der Waals surface area (Å²) in [6.07, 6.45) is 1.32. The highest BCUT2D eigenvalue weighted by Gasteiger charge is 2.37. The van der Waals surface area contributed by atoms with Gasteiger partial charge in [-0.15, -0.1) is 0 Å². The van der Waals surface area contributed by atoms with Crippen molar-refractivity contribution in [1.29, 1.82) is 0 Å². The van der Waals surface area contributed by atoms with Crippen LogP contribution in [0.1, 0.15) is 18.1 Å². The van der Waals surface area contributed by atoms with Gasteiger partial charge in [0.1, 0.15) is 12.2 Å². The first kappa shape index (κ1) is 26.7. The van der Waals surface area contributed by atoms with Gasteiger partial charge in [0, 0.05) is 21.7 Å². The standard InChI is InChI=1S/C27H19Cl3N2O7/c1-2-36-23-9-14(8-20(30)24(23)37-12-15-3-4-16(28)10-19(15)29)7-18-25(33)31-27(35)32(26(18)34)17-5-6-21-22(11-17)39-13-38-21/h3-11H,2,12-13H2,1H3,(H,31,33,35)/b18-7+. The number of urea groups is 1. The summed E-state index contributed by atoms with van der Waals surface area (Å²) in [6.45, 7) is 2.19. The molecule has 0 aromatic heterocycles. The zero-order valence-corrected chi connectivity index (χ0v) is 22.5. The number of halogens is 3. The van der Waals surface area contributed by atoms with E-state index in [1.54, 1.807) is 37.3 Å². The van der Waals surface area contributed by atoms with Crippen LogP contribution in [0, 0.1) is 0 Å². The summed E-state index contributed by atoms with van der Waals surface area (Å²) >= 11 is 18.7. The molecule has 2 aliphatic rings. The lowest BCUT2D eigenvalue weighted by atomic mass is 10.1. The summed E-state index contributed by atoms with van der Waals surface area (Å²) in [6, 6.07) is 11.8. The second kappa shape index (κ2) is 11.1. The average Bonchev–Trinajstić information content (AvgIpc) is 3.35. The van der Waals surface area contributed by atoms with Crippen LogP contribution in [0.5, 0.6) is 23.0 Å². The van der Waals surface area contributed by atoms with E-state index in [1.165, 1.54) is 24.3 Å². The lowest BCUT2D eigenvalue weighted by Gasteiger charge is -2.26. The van der Waals surface area contributed by atoms with Crippen LogP contribution >= 0.6 is 34.8 Å². The number of carbonyl (C=O) groups is 3. The van der Waals surface area contributed by atoms with Crippen LogP contribution in [0.3, 0.4) is 0 Å². The van der Waals surface area contributed by atoms with E-state index in [0.717, 1.165) is 4.90 Å². The molecule has 0 aliphatic carbocycles. The number of fused-ring (bicyclic) bond motifs is 1. The van der Waals surface area contributed by atoms with Gasteiger partial charge in [0.05, 0.1) is 17.3 Å². The van der Waals surface area contributed by atoms with E-state index in [9.17, 15) is 14.4 Å². The van der Waals surface area contributed by atoms with Gasteiger partial charge < -0.3 is 18.9 Å². The van der Waals surface area contributed by atoms with E-state index in [1.807, 2.05) is 0 Å². The molecule has 1 fully saturated rings. The molecule has 0 bridgehead atoms. The van der Waals surface area contributed by atoms with Crippen LogP contribution in [-0.2, 0) is 16.2 Å². The van der Waals surface area contributed by atoms with Crippen molar-refractivity contribution in [3.8, 4) is 23.0 Å². The smallest absolute Gasteiger partial charge is 0.335 e. The van der Waals surface area contributed by atoms with Gasteiger partial charge in [0.25, 0.3) is 11.8 Å². The molecule has 0 radical (unpaired) electrons. The Morgan fingerprint density at radius 1 is 0.949 bits per heavy atom. The summed E-state index contributed by atoms with van der Waals surface area (Å²) in [7, 11) is 0. The van der Waals surface area contributed by atoms with E-state index in [-0.39, 0.29) is 41.2 Å². The Morgan fingerprint density at radius 2 is 1.74 bits per heavy atom. The van der Waals surface area contributed by atoms with E-state index >= 15 is 0 Å². The van der Waals surface area contributed by atoms with Gasteiger partial charge >= 0.3 is 6.03 Å². The molecule has 5 rings (SSSR count). The van der Waals surface area contributed by atoms with Crippen LogP contribution in [0.25, 0.3) is 6.08 Å². The summed E-state index contributed by atoms with van der Waals surface area (Å²) in [5.41, 5.74) is 0.979. The molecule has 4 amide bonds. The second-order valence-electron chi connectivity index (χ2n) is 8.28. The van der Waals surface area contributed by atoms with E-state index in [2.05, 4.69) is 5.32 Å². The third kappa shape index (κ3) is 5.47. The van der Waals surface area contributed by atoms with Crippen molar-refractivity contribution in [1.82, 2.24) is 5.32 Å². The molecule has 0 atom stereocenters. The highest BCUT2D eigenvalue weighted by atomic mass is 35.5. The van der Waals surface area contributed by atoms with Crippen LogP contribution in [-0.4, -0.2) is 31.2 Å². The van der Waals surface area contributed by atoms with Gasteiger partial charge in [-0.25, -0.2) is 9.69 Å². The van der Waals surface area contributed by atoms with E-state index in [4.69, 9.17) is 53.8 Å². The predicted octanol–water partition coefficient (Wildman–Crippen LogP) is 6.02. The van der Waals surface area contributed by atoms with Crippen molar-refractivity contribution in [2.45, 2.75) is 13.5 Å². The molecule has 9 nitrogen and oxygen atoms in total. The Kier molecular flexibility index (Phi) is 7.56. The van der Waals surface area contributed by atoms with Crippen molar-refractivity contribution in [3.63, 3.8) is 0 Å². The number of hydrogen-bond acceptors (Lipinski definition) is 7. The number of imide groups is 2. The van der Waals surface area contributed by atoms with Gasteiger partial charge in [-0.05, 0) is 55.0 Å². The summed E-state index contributed by atoms with van der Waals surface area (Å²) < 4.78 is 22.2. The Labute approximate surface area is 237 Å². The van der Waals surface area contributed by atoms with Crippen LogP contribution in [0.15, 0.2) is 54.1 Å². The van der Waals surface area contributed by atoms with Gasteiger partial charge in [-0.1, -0.05) is 40.9 Å². The highest BCUT2D eigenvalue weighted by Crippen LogP contribution is 2.39. The van der Waals surface area contributed by atoms with Crippen LogP contribution in [0.2, 0.25) is 15.1 Å². The molecule has 1 saturated heterocycles. The van der Waals surface area contributed by atoms with Crippen molar-refractivity contribution < 1.29 is 33.3 Å². The predicted molar refractivity (Wildman–Crippen MR) is 145 cm³/mol. The van der Waals surface area contributed by atoms with Crippen molar-refractivity contribution in [2.24, 2.45) is 0 Å². The number of anilines is 1. The minimum absolute atomic E-state index is 0.0257. The fourth-order valence-corrected chi connectivity index (χ4v) is 4.68. The first-order valence-electron chi connectivity index (χ1n) is 11.6. The maximum absolute atomic E-state index is 13.3. The molecular formula is C27H19Cl3N2O7. The Morgan fingerprint density at radius 3 is 2.51 bits per heavy atom. The average molecular weight is 590 g/mol. The van der Waals surface area contributed by atoms with Crippen LogP contribution < -0.4 is 29.2 Å². The molecule has 1 N–H and O–H groups in total. The molecule has 0 unspecified atom stereocenters. The number of benzene rings is 3. The van der Waals surface area contributed by atoms with E-state index in [0.29, 0.717) is 39.3 Å². The lowest BCUT2D eigenvalue weighted by Crippen LogP contribution is -2.54. The maximum atomic E-state index is 13.3. The monoisotopic (exact) mass is 588 g/mol. The summed E-state index contributed by atoms with van der Waals surface area (Å²) in [5, 5.41) is 3.28. The summed E-state index contributed by atoms with van der Waals surface area (Å²) in [4.78, 5) is 39.4. The minimum Gasteiger partial charge on any atom is -0.490 e. The SMILES string of the molecule is CCOc1cc(/C=C2\C(=O)NC(=O)N(c3ccc4c(c3)OCO4)C2=O)cc(Cl)c1OCc1ccc(Cl)cc1Cl. The number of carbonyl (C=O) groups excluding carboxylic acids is 3. The number of ether oxygens (including phenoxy) is 4. The first-order valence-corrected chi connectivity index (χ1v) is 12.7. The number of hydrogen-bond donors (Lipinski definition) is 1. The summed E-state index contributed by atoms with van der Waals surface area (Å²) in [5.74, 6) is -0.283. The molecule has 3 aromatic rings. The first-order chi connectivity index (χ1) is 18.7. The molecular weight excluding hydrogens is 571 g/mol. The minimum atomic E-state index is -0.890. The molecule has 12 heteroatoms. The number of nitrogens with zero attached hydrogens (tertiary/aromatic N) is 1. The third-order valence-corrected chi connectivity index (χ3v) is 6.61. The Bertz CT molecular complexity index is 1540. The van der Waals surface area contributed by atoms with Crippen molar-refractivity contribution in [3.05, 3.63) is 80.3 Å². The topological polar surface area (TPSA) is 103 Å². The molecule has 0 saturated carbocycles. The maximum Gasteiger partial charge on any atom is 0.335 e. The molecule has 2 heterocycles. The van der Waals surface area contributed by atoms with Crippen molar-refractivity contribution in [2.75, 3.05) is 18.3 Å². The van der Waals surface area contributed by atoms with Gasteiger partial charge in [-0.3, -0.25) is 14.9 Å². The molecule has 0 spiro atoms. The van der Waals surface area contributed by atoms with Crippen molar-refractivity contribution >= 4 is 64.4 Å². The quantitative estimate of drug-likeness (QED) is 0.266. The molecule has 2 aliphatic heterocycles. The molecule has 3 aromatic carbocycles. The second-order valence-corrected chi connectivity index (χ2v) is 9.53. The number of amides is 4. The largest absolute Gasteiger partial charge is 0.490 e. The van der Waals surface area contributed by atoms with Crippen LogP contribution in [0.4, 0.5) is 10.5 Å². The Hall–Kier alpha value is -3.92. The third-order valence-electron chi connectivity index (χ3n) is 5.75. The van der Waals surface area contributed by atoms with E-state index < -0.39 is 17.8 Å². The van der Waals surface area contributed by atoms with Gasteiger partial charge in [0.2, 0.25) is 6.79 Å². The Balaban J connectivity index is 1.45. The zero-order valence-electron chi connectivity index (χ0n) is 20.3. The normalized spacial score (nSPS) is 15.5. The fourth-order valence-electron chi connectivity index (χ4n) is 3.95. The lowest BCUT2D eigenvalue weighted by molar-refractivity contribution is -0.122. The van der Waals surface area contributed by atoms with Gasteiger partial charge in [-0.2, -0.15) is 0 Å². The fraction of sp³-hybridized carbons (Fsp3) is 0.148. The van der Waals surface area contributed by atoms with Gasteiger partial charge in [0.15, 0.2) is 23.0 Å².